The highest BCUT2D eigenvalue weighted by Crippen LogP contribution is 2.18. The summed E-state index contributed by atoms with van der Waals surface area (Å²) < 4.78 is 12.8. The second-order valence-electron chi connectivity index (χ2n) is 4.33. The van der Waals surface area contributed by atoms with Crippen LogP contribution in [-0.4, -0.2) is 9.97 Å². The van der Waals surface area contributed by atoms with Crippen LogP contribution < -0.4 is 11.1 Å². The van der Waals surface area contributed by atoms with E-state index in [0.29, 0.717) is 18.2 Å². The first-order chi connectivity index (χ1) is 9.10. The maximum Gasteiger partial charge on any atom is 0.135 e. The van der Waals surface area contributed by atoms with Crippen LogP contribution >= 0.6 is 0 Å². The van der Waals surface area contributed by atoms with Gasteiger partial charge in [-0.3, -0.25) is 0 Å². The molecule has 1 aromatic carbocycles. The SMILES string of the molecule is CCc1nc(N)c(C)c(NCc2ccc(F)cc2)n1. The quantitative estimate of drug-likeness (QED) is 0.887. The highest BCUT2D eigenvalue weighted by atomic mass is 19.1. The van der Waals surface area contributed by atoms with Crippen molar-refractivity contribution in [3.8, 4) is 0 Å². The Kier molecular flexibility index (Phi) is 3.94. The fraction of sp³-hybridized carbons (Fsp3) is 0.286. The third kappa shape index (κ3) is 3.19. The minimum Gasteiger partial charge on any atom is -0.383 e. The number of halogens is 1. The molecule has 0 spiro atoms. The monoisotopic (exact) mass is 260 g/mol. The zero-order valence-corrected chi connectivity index (χ0v) is 11.1. The molecule has 0 saturated heterocycles. The molecule has 0 atom stereocenters. The van der Waals surface area contributed by atoms with Crippen molar-refractivity contribution in [1.82, 2.24) is 9.97 Å². The van der Waals surface area contributed by atoms with Crippen molar-refractivity contribution >= 4 is 11.6 Å². The summed E-state index contributed by atoms with van der Waals surface area (Å²) in [6.07, 6.45) is 0.732. The lowest BCUT2D eigenvalue weighted by Crippen LogP contribution is -2.09. The highest BCUT2D eigenvalue weighted by Gasteiger charge is 2.07. The predicted molar refractivity (Wildman–Crippen MR) is 74.3 cm³/mol. The predicted octanol–water partition coefficient (Wildman–Crippen LogP) is 2.68. The molecule has 0 radical (unpaired) electrons. The first-order valence-electron chi connectivity index (χ1n) is 6.21. The van der Waals surface area contributed by atoms with Crippen LogP contribution in [0.25, 0.3) is 0 Å². The average molecular weight is 260 g/mol. The number of nitrogens with two attached hydrogens (primary N) is 1. The van der Waals surface area contributed by atoms with Gasteiger partial charge in [-0.1, -0.05) is 19.1 Å². The van der Waals surface area contributed by atoms with Crippen molar-refractivity contribution in [2.75, 3.05) is 11.1 Å². The smallest absolute Gasteiger partial charge is 0.135 e. The molecule has 0 saturated carbocycles. The number of rotatable bonds is 4. The third-order valence-corrected chi connectivity index (χ3v) is 2.92. The van der Waals surface area contributed by atoms with E-state index in [1.807, 2.05) is 13.8 Å². The van der Waals surface area contributed by atoms with Crippen LogP contribution in [0, 0.1) is 12.7 Å². The van der Waals surface area contributed by atoms with Gasteiger partial charge in [0, 0.05) is 18.5 Å². The van der Waals surface area contributed by atoms with E-state index >= 15 is 0 Å². The maximum absolute atomic E-state index is 12.8. The zero-order valence-electron chi connectivity index (χ0n) is 11.1. The molecular weight excluding hydrogens is 243 g/mol. The van der Waals surface area contributed by atoms with Crippen LogP contribution in [0.2, 0.25) is 0 Å². The van der Waals surface area contributed by atoms with E-state index < -0.39 is 0 Å². The van der Waals surface area contributed by atoms with Crippen molar-refractivity contribution in [3.63, 3.8) is 0 Å². The van der Waals surface area contributed by atoms with E-state index in [-0.39, 0.29) is 5.82 Å². The van der Waals surface area contributed by atoms with Gasteiger partial charge in [-0.2, -0.15) is 0 Å². The largest absolute Gasteiger partial charge is 0.383 e. The minimum atomic E-state index is -0.237. The lowest BCUT2D eigenvalue weighted by atomic mass is 10.2. The molecular formula is C14H17FN4. The van der Waals surface area contributed by atoms with E-state index in [9.17, 15) is 4.39 Å². The molecule has 0 bridgehead atoms. The average Bonchev–Trinajstić information content (AvgIpc) is 2.42. The number of nitrogens with one attached hydrogen (secondary N) is 1. The van der Waals surface area contributed by atoms with Crippen LogP contribution in [-0.2, 0) is 13.0 Å². The first kappa shape index (κ1) is 13.3. The number of aromatic nitrogens is 2. The molecule has 2 aromatic rings. The van der Waals surface area contributed by atoms with Crippen molar-refractivity contribution in [2.24, 2.45) is 0 Å². The second kappa shape index (κ2) is 5.65. The van der Waals surface area contributed by atoms with E-state index in [1.54, 1.807) is 12.1 Å². The fourth-order valence-electron chi connectivity index (χ4n) is 1.70. The standard InChI is InChI=1S/C14H17FN4/c1-3-12-18-13(16)9(2)14(19-12)17-8-10-4-6-11(15)7-5-10/h4-7H,3,8H2,1-2H3,(H3,16,17,18,19). The van der Waals surface area contributed by atoms with Gasteiger partial charge in [-0.25, -0.2) is 14.4 Å². The summed E-state index contributed by atoms with van der Waals surface area (Å²) in [6.45, 7) is 4.43. The lowest BCUT2D eigenvalue weighted by Gasteiger charge is -2.11. The van der Waals surface area contributed by atoms with Crippen molar-refractivity contribution in [2.45, 2.75) is 26.8 Å². The van der Waals surface area contributed by atoms with Crippen molar-refractivity contribution in [1.29, 1.82) is 0 Å². The molecule has 0 amide bonds. The molecule has 2 rings (SSSR count). The van der Waals surface area contributed by atoms with Gasteiger partial charge in [-0.15, -0.1) is 0 Å². The number of hydrogen-bond acceptors (Lipinski definition) is 4. The van der Waals surface area contributed by atoms with Gasteiger partial charge < -0.3 is 11.1 Å². The lowest BCUT2D eigenvalue weighted by molar-refractivity contribution is 0.627. The zero-order chi connectivity index (χ0) is 13.8. The summed E-state index contributed by atoms with van der Waals surface area (Å²) in [7, 11) is 0. The maximum atomic E-state index is 12.8. The highest BCUT2D eigenvalue weighted by molar-refractivity contribution is 5.54. The normalized spacial score (nSPS) is 10.5. The molecule has 19 heavy (non-hydrogen) atoms. The first-order valence-corrected chi connectivity index (χ1v) is 6.21. The summed E-state index contributed by atoms with van der Waals surface area (Å²) in [5.74, 6) is 1.70. The van der Waals surface area contributed by atoms with Gasteiger partial charge in [0.1, 0.15) is 23.3 Å². The summed E-state index contributed by atoms with van der Waals surface area (Å²) in [5.41, 5.74) is 7.66. The van der Waals surface area contributed by atoms with E-state index in [2.05, 4.69) is 15.3 Å². The topological polar surface area (TPSA) is 63.8 Å². The fourth-order valence-corrected chi connectivity index (χ4v) is 1.70. The number of benzene rings is 1. The summed E-state index contributed by atoms with van der Waals surface area (Å²) >= 11 is 0. The van der Waals surface area contributed by atoms with Crippen LogP contribution in [0.15, 0.2) is 24.3 Å². The molecule has 1 aromatic heterocycles. The molecule has 1 heterocycles. The minimum absolute atomic E-state index is 0.237. The number of aryl methyl sites for hydroxylation is 1. The van der Waals surface area contributed by atoms with E-state index in [0.717, 1.165) is 23.4 Å². The Labute approximate surface area is 111 Å². The molecule has 0 fully saturated rings. The summed E-state index contributed by atoms with van der Waals surface area (Å²) in [6, 6.07) is 6.36. The molecule has 3 N–H and O–H groups in total. The van der Waals surface area contributed by atoms with Crippen LogP contribution in [0.3, 0.4) is 0 Å². The number of hydrogen-bond donors (Lipinski definition) is 2. The molecule has 4 nitrogen and oxygen atoms in total. The van der Waals surface area contributed by atoms with Gasteiger partial charge >= 0.3 is 0 Å². The Bertz CT molecular complexity index is 566. The van der Waals surface area contributed by atoms with Gasteiger partial charge in [0.2, 0.25) is 0 Å². The summed E-state index contributed by atoms with van der Waals surface area (Å²) in [5, 5.41) is 3.21. The Morgan fingerprint density at radius 2 is 1.89 bits per heavy atom. The van der Waals surface area contributed by atoms with Crippen LogP contribution in [0.4, 0.5) is 16.0 Å². The van der Waals surface area contributed by atoms with Gasteiger partial charge in [-0.05, 0) is 24.6 Å². The van der Waals surface area contributed by atoms with E-state index in [1.165, 1.54) is 12.1 Å². The molecule has 0 aliphatic carbocycles. The Morgan fingerprint density at radius 3 is 2.53 bits per heavy atom. The molecule has 0 unspecified atom stereocenters. The molecule has 0 aliphatic rings. The molecule has 100 valence electrons. The Morgan fingerprint density at radius 1 is 1.21 bits per heavy atom. The van der Waals surface area contributed by atoms with Crippen molar-refractivity contribution < 1.29 is 4.39 Å². The molecule has 0 aliphatic heterocycles. The van der Waals surface area contributed by atoms with Gasteiger partial charge in [0.05, 0.1) is 0 Å². The summed E-state index contributed by atoms with van der Waals surface area (Å²) in [4.78, 5) is 8.60. The van der Waals surface area contributed by atoms with Crippen LogP contribution in [0.5, 0.6) is 0 Å². The number of nitrogen functional groups attached to an aromatic ring is 1. The van der Waals surface area contributed by atoms with Crippen LogP contribution in [0.1, 0.15) is 23.9 Å². The van der Waals surface area contributed by atoms with Gasteiger partial charge in [0.15, 0.2) is 0 Å². The third-order valence-electron chi connectivity index (χ3n) is 2.92. The second-order valence-corrected chi connectivity index (χ2v) is 4.33. The number of nitrogens with zero attached hydrogens (tertiary/aromatic N) is 2. The van der Waals surface area contributed by atoms with E-state index in [4.69, 9.17) is 5.73 Å². The number of anilines is 2. The van der Waals surface area contributed by atoms with Crippen molar-refractivity contribution in [3.05, 3.63) is 47.0 Å². The Balaban J connectivity index is 2.14. The van der Waals surface area contributed by atoms with Gasteiger partial charge in [0.25, 0.3) is 0 Å². The Hall–Kier alpha value is -2.17. The molecule has 5 heteroatoms.